The third-order valence-corrected chi connectivity index (χ3v) is 4.37. The van der Waals surface area contributed by atoms with Crippen LogP contribution in [0.4, 0.5) is 14.5 Å². The summed E-state index contributed by atoms with van der Waals surface area (Å²) < 4.78 is 31.8. The second-order valence-corrected chi connectivity index (χ2v) is 6.26. The van der Waals surface area contributed by atoms with Crippen molar-refractivity contribution in [2.75, 3.05) is 18.6 Å². The summed E-state index contributed by atoms with van der Waals surface area (Å²) in [6.07, 6.45) is -0.0388. The molecule has 6 nitrogen and oxygen atoms in total. The molecule has 0 aliphatic carbocycles. The van der Waals surface area contributed by atoms with E-state index in [2.05, 4.69) is 5.32 Å². The Kier molecular flexibility index (Phi) is 5.25. The van der Waals surface area contributed by atoms with Gasteiger partial charge in [-0.05, 0) is 29.8 Å². The van der Waals surface area contributed by atoms with E-state index in [1.165, 1.54) is 18.1 Å². The summed E-state index contributed by atoms with van der Waals surface area (Å²) >= 11 is 0. The molecule has 1 aliphatic heterocycles. The molecule has 2 N–H and O–H groups in total. The number of hydrogen-bond donors (Lipinski definition) is 2. The molecule has 0 spiro atoms. The quantitative estimate of drug-likeness (QED) is 0.840. The minimum atomic E-state index is -0.785. The van der Waals surface area contributed by atoms with Crippen LogP contribution < -0.4 is 15.0 Å². The molecular formula is C19H18F2N2O4. The highest BCUT2D eigenvalue weighted by Crippen LogP contribution is 2.28. The predicted molar refractivity (Wildman–Crippen MR) is 93.3 cm³/mol. The standard InChI is InChI=1S/C19H18F2N2O4/c1-27-17-4-11(2-3-16(17)24)9-22-19(26)12-5-18(25)23(10-12)15-7-13(20)6-14(21)8-15/h2-4,6-8,12,24H,5,9-10H2,1H3,(H,22,26). The number of nitrogens with zero attached hydrogens (tertiary/aromatic N) is 1. The number of ether oxygens (including phenoxy) is 1. The molecule has 0 aromatic heterocycles. The number of phenols is 1. The summed E-state index contributed by atoms with van der Waals surface area (Å²) in [6.45, 7) is 0.237. The van der Waals surface area contributed by atoms with E-state index in [1.54, 1.807) is 12.1 Å². The highest BCUT2D eigenvalue weighted by molar-refractivity contribution is 6.00. The van der Waals surface area contributed by atoms with Crippen LogP contribution in [0.25, 0.3) is 0 Å². The molecule has 1 fully saturated rings. The zero-order valence-electron chi connectivity index (χ0n) is 14.5. The lowest BCUT2D eigenvalue weighted by molar-refractivity contribution is -0.126. The van der Waals surface area contributed by atoms with Gasteiger partial charge in [0.25, 0.3) is 0 Å². The van der Waals surface area contributed by atoms with Gasteiger partial charge >= 0.3 is 0 Å². The lowest BCUT2D eigenvalue weighted by Crippen LogP contribution is -2.32. The normalized spacial score (nSPS) is 16.5. The molecule has 1 atom stereocenters. The van der Waals surface area contributed by atoms with Crippen LogP contribution in [0.15, 0.2) is 36.4 Å². The van der Waals surface area contributed by atoms with E-state index in [9.17, 15) is 23.5 Å². The van der Waals surface area contributed by atoms with Crippen LogP contribution in [0.2, 0.25) is 0 Å². The van der Waals surface area contributed by atoms with E-state index in [0.29, 0.717) is 5.56 Å². The Balaban J connectivity index is 1.64. The number of halogens is 2. The molecular weight excluding hydrogens is 358 g/mol. The first kappa shape index (κ1) is 18.6. The van der Waals surface area contributed by atoms with Crippen LogP contribution in [0, 0.1) is 17.6 Å². The largest absolute Gasteiger partial charge is 0.504 e. The monoisotopic (exact) mass is 376 g/mol. The number of carbonyl (C=O) groups excluding carboxylic acids is 2. The van der Waals surface area contributed by atoms with Gasteiger partial charge in [-0.25, -0.2) is 8.78 Å². The van der Waals surface area contributed by atoms with E-state index >= 15 is 0 Å². The smallest absolute Gasteiger partial charge is 0.227 e. The highest BCUT2D eigenvalue weighted by atomic mass is 19.1. The summed E-state index contributed by atoms with van der Waals surface area (Å²) in [4.78, 5) is 25.8. The Bertz CT molecular complexity index is 868. The molecule has 8 heteroatoms. The molecule has 3 rings (SSSR count). The third-order valence-electron chi connectivity index (χ3n) is 4.37. The number of hydrogen-bond acceptors (Lipinski definition) is 4. The summed E-state index contributed by atoms with van der Waals surface area (Å²) in [5.41, 5.74) is 0.808. The number of methoxy groups -OCH3 is 1. The second-order valence-electron chi connectivity index (χ2n) is 6.26. The SMILES string of the molecule is COc1cc(CNC(=O)C2CC(=O)N(c3cc(F)cc(F)c3)C2)ccc1O. The molecule has 2 aromatic carbocycles. The molecule has 1 unspecified atom stereocenters. The zero-order chi connectivity index (χ0) is 19.6. The molecule has 0 radical (unpaired) electrons. The number of amides is 2. The van der Waals surface area contributed by atoms with Crippen LogP contribution in [-0.4, -0.2) is 30.6 Å². The number of phenolic OH excluding ortho intramolecular Hbond substituents is 1. The minimum Gasteiger partial charge on any atom is -0.504 e. The van der Waals surface area contributed by atoms with Crippen molar-refractivity contribution < 1.29 is 28.2 Å². The van der Waals surface area contributed by atoms with Gasteiger partial charge in [0.05, 0.1) is 13.0 Å². The van der Waals surface area contributed by atoms with Crippen LogP contribution in [0.1, 0.15) is 12.0 Å². The Hall–Kier alpha value is -3.16. The van der Waals surface area contributed by atoms with E-state index < -0.39 is 17.6 Å². The van der Waals surface area contributed by atoms with E-state index in [4.69, 9.17) is 4.74 Å². The van der Waals surface area contributed by atoms with Gasteiger partial charge in [-0.1, -0.05) is 6.07 Å². The Morgan fingerprint density at radius 3 is 2.63 bits per heavy atom. The lowest BCUT2D eigenvalue weighted by atomic mass is 10.1. The van der Waals surface area contributed by atoms with E-state index in [0.717, 1.165) is 18.2 Å². The van der Waals surface area contributed by atoms with Crippen LogP contribution in [-0.2, 0) is 16.1 Å². The maximum Gasteiger partial charge on any atom is 0.227 e. The number of anilines is 1. The Morgan fingerprint density at radius 2 is 1.96 bits per heavy atom. The van der Waals surface area contributed by atoms with Gasteiger partial charge in [0.2, 0.25) is 11.8 Å². The number of benzene rings is 2. The Morgan fingerprint density at radius 1 is 1.26 bits per heavy atom. The average molecular weight is 376 g/mol. The number of aromatic hydroxyl groups is 1. The van der Waals surface area contributed by atoms with Gasteiger partial charge < -0.3 is 20.1 Å². The third kappa shape index (κ3) is 4.16. The van der Waals surface area contributed by atoms with Gasteiger partial charge in [0, 0.05) is 31.3 Å². The molecule has 27 heavy (non-hydrogen) atoms. The molecule has 142 valence electrons. The lowest BCUT2D eigenvalue weighted by Gasteiger charge is -2.17. The molecule has 2 aromatic rings. The molecule has 1 saturated heterocycles. The first-order chi connectivity index (χ1) is 12.9. The number of rotatable bonds is 5. The fourth-order valence-corrected chi connectivity index (χ4v) is 2.99. The Labute approximate surface area is 154 Å². The van der Waals surface area contributed by atoms with Gasteiger partial charge in [-0.2, -0.15) is 0 Å². The van der Waals surface area contributed by atoms with Crippen molar-refractivity contribution in [3.8, 4) is 11.5 Å². The number of carbonyl (C=O) groups is 2. The maximum atomic E-state index is 13.4. The summed E-state index contributed by atoms with van der Waals surface area (Å²) in [7, 11) is 1.42. The maximum absolute atomic E-state index is 13.4. The van der Waals surface area contributed by atoms with Crippen LogP contribution in [0.3, 0.4) is 0 Å². The van der Waals surface area contributed by atoms with Crippen molar-refractivity contribution in [2.45, 2.75) is 13.0 Å². The summed E-state index contributed by atoms with van der Waals surface area (Å²) in [5, 5.41) is 12.3. The van der Waals surface area contributed by atoms with E-state index in [-0.39, 0.29) is 48.5 Å². The van der Waals surface area contributed by atoms with E-state index in [1.807, 2.05) is 0 Å². The van der Waals surface area contributed by atoms with Crippen molar-refractivity contribution in [2.24, 2.45) is 5.92 Å². The van der Waals surface area contributed by atoms with Gasteiger partial charge in [0.1, 0.15) is 11.6 Å². The van der Waals surface area contributed by atoms with Gasteiger partial charge in [-0.15, -0.1) is 0 Å². The van der Waals surface area contributed by atoms with Crippen LogP contribution in [0.5, 0.6) is 11.5 Å². The molecule has 0 saturated carbocycles. The fourth-order valence-electron chi connectivity index (χ4n) is 2.99. The first-order valence-corrected chi connectivity index (χ1v) is 8.27. The molecule has 1 aliphatic rings. The van der Waals surface area contributed by atoms with Crippen molar-refractivity contribution >= 4 is 17.5 Å². The molecule has 0 bridgehead atoms. The topological polar surface area (TPSA) is 78.9 Å². The number of nitrogens with one attached hydrogen (secondary N) is 1. The van der Waals surface area contributed by atoms with Crippen molar-refractivity contribution in [3.63, 3.8) is 0 Å². The van der Waals surface area contributed by atoms with Crippen molar-refractivity contribution in [3.05, 3.63) is 53.6 Å². The van der Waals surface area contributed by atoms with Crippen LogP contribution >= 0.6 is 0 Å². The van der Waals surface area contributed by atoms with Crippen molar-refractivity contribution in [1.29, 1.82) is 0 Å². The minimum absolute atomic E-state index is 0.00747. The highest BCUT2D eigenvalue weighted by Gasteiger charge is 2.35. The van der Waals surface area contributed by atoms with Gasteiger partial charge in [0.15, 0.2) is 11.5 Å². The van der Waals surface area contributed by atoms with Gasteiger partial charge in [-0.3, -0.25) is 9.59 Å². The average Bonchev–Trinajstić information content (AvgIpc) is 3.02. The summed E-state index contributed by atoms with van der Waals surface area (Å²) in [5.74, 6) is -2.62. The first-order valence-electron chi connectivity index (χ1n) is 8.27. The second kappa shape index (κ2) is 7.61. The fraction of sp³-hybridized carbons (Fsp3) is 0.263. The zero-order valence-corrected chi connectivity index (χ0v) is 14.5. The predicted octanol–water partition coefficient (Wildman–Crippen LogP) is 2.35. The van der Waals surface area contributed by atoms with Crippen molar-refractivity contribution in [1.82, 2.24) is 5.32 Å². The molecule has 1 heterocycles. The molecule has 2 amide bonds. The summed E-state index contributed by atoms with van der Waals surface area (Å²) in [6, 6.07) is 7.53.